The maximum atomic E-state index is 12.9. The molecule has 0 spiro atoms. The number of imidazole rings is 1. The molecule has 31 heavy (non-hydrogen) atoms. The van der Waals surface area contributed by atoms with Gasteiger partial charge in [-0.2, -0.15) is 5.10 Å². The quantitative estimate of drug-likeness (QED) is 0.386. The van der Waals surface area contributed by atoms with Crippen LogP contribution in [0.15, 0.2) is 102 Å². The summed E-state index contributed by atoms with van der Waals surface area (Å²) in [7, 11) is 0. The summed E-state index contributed by atoms with van der Waals surface area (Å²) in [5, 5.41) is 7.20. The van der Waals surface area contributed by atoms with Crippen molar-refractivity contribution in [3.8, 4) is 5.69 Å². The molecule has 5 rings (SSSR count). The molecule has 3 aromatic heterocycles. The molecule has 2 aromatic carbocycles. The molecule has 3 heterocycles. The van der Waals surface area contributed by atoms with Crippen molar-refractivity contribution in [2.75, 3.05) is 5.32 Å². The number of nitrogens with one attached hydrogen (secondary N) is 1. The summed E-state index contributed by atoms with van der Waals surface area (Å²) in [6.45, 7) is 0. The number of amides is 1. The van der Waals surface area contributed by atoms with Gasteiger partial charge in [-0.3, -0.25) is 4.79 Å². The van der Waals surface area contributed by atoms with Crippen molar-refractivity contribution in [2.24, 2.45) is 0 Å². The van der Waals surface area contributed by atoms with Gasteiger partial charge >= 0.3 is 0 Å². The second kappa shape index (κ2) is 8.49. The number of hydrogen-bond donors (Lipinski definition) is 1. The summed E-state index contributed by atoms with van der Waals surface area (Å²) in [4.78, 5) is 18.5. The van der Waals surface area contributed by atoms with Crippen LogP contribution in [0.1, 0.15) is 16.1 Å². The zero-order valence-corrected chi connectivity index (χ0v) is 17.4. The van der Waals surface area contributed by atoms with Crippen LogP contribution in [0.25, 0.3) is 11.3 Å². The van der Waals surface area contributed by atoms with E-state index >= 15 is 0 Å². The van der Waals surface area contributed by atoms with E-state index in [0.29, 0.717) is 11.3 Å². The number of thioether (sulfide) groups is 1. The van der Waals surface area contributed by atoms with Crippen molar-refractivity contribution in [3.05, 3.63) is 109 Å². The van der Waals surface area contributed by atoms with E-state index in [1.54, 1.807) is 22.6 Å². The molecule has 0 aliphatic heterocycles. The van der Waals surface area contributed by atoms with Crippen LogP contribution in [0.3, 0.4) is 0 Å². The standard InChI is InChI=1S/C24H19N5OS/c30-24(27-18-9-11-20(12-10-18)29-15-5-13-25-29)21-6-1-2-7-22(21)31-17-19-16-28-14-4-3-8-23(28)26-19/h1-16H,17H2,(H,27,30). The van der Waals surface area contributed by atoms with Gasteiger partial charge in [0.15, 0.2) is 0 Å². The predicted molar refractivity (Wildman–Crippen MR) is 123 cm³/mol. The van der Waals surface area contributed by atoms with Crippen molar-refractivity contribution in [2.45, 2.75) is 10.6 Å². The third-order valence-electron chi connectivity index (χ3n) is 4.82. The Bertz CT molecular complexity index is 1290. The number of benzene rings is 2. The van der Waals surface area contributed by atoms with E-state index in [-0.39, 0.29) is 5.91 Å². The van der Waals surface area contributed by atoms with Crippen LogP contribution in [0.4, 0.5) is 5.69 Å². The summed E-state index contributed by atoms with van der Waals surface area (Å²) in [5.74, 6) is 0.551. The lowest BCUT2D eigenvalue weighted by Crippen LogP contribution is -2.13. The van der Waals surface area contributed by atoms with Gasteiger partial charge in [0.1, 0.15) is 5.65 Å². The van der Waals surface area contributed by atoms with E-state index in [2.05, 4.69) is 15.4 Å². The summed E-state index contributed by atoms with van der Waals surface area (Å²) in [6, 6.07) is 23.0. The molecule has 5 aromatic rings. The molecule has 1 amide bonds. The zero-order chi connectivity index (χ0) is 21.0. The van der Waals surface area contributed by atoms with E-state index in [1.165, 1.54) is 0 Å². The molecule has 0 saturated carbocycles. The fourth-order valence-corrected chi connectivity index (χ4v) is 4.24. The largest absolute Gasteiger partial charge is 0.322 e. The van der Waals surface area contributed by atoms with Crippen LogP contribution in [-0.2, 0) is 5.75 Å². The average molecular weight is 426 g/mol. The molecule has 6 nitrogen and oxygen atoms in total. The Hall–Kier alpha value is -3.84. The van der Waals surface area contributed by atoms with Gasteiger partial charge in [-0.1, -0.05) is 18.2 Å². The van der Waals surface area contributed by atoms with E-state index in [4.69, 9.17) is 0 Å². The smallest absolute Gasteiger partial charge is 0.256 e. The molecule has 0 saturated heterocycles. The Balaban J connectivity index is 1.29. The maximum absolute atomic E-state index is 12.9. The van der Waals surface area contributed by atoms with Crippen molar-refractivity contribution in [1.82, 2.24) is 19.2 Å². The highest BCUT2D eigenvalue weighted by Gasteiger charge is 2.13. The van der Waals surface area contributed by atoms with Gasteiger partial charge in [-0.05, 0) is 54.6 Å². The predicted octanol–water partition coefficient (Wildman–Crippen LogP) is 5.06. The molecule has 152 valence electrons. The van der Waals surface area contributed by atoms with Crippen LogP contribution in [0, 0.1) is 0 Å². The molecule has 0 atom stereocenters. The first-order valence-corrected chi connectivity index (χ1v) is 10.8. The molecule has 0 fully saturated rings. The first-order chi connectivity index (χ1) is 15.3. The summed E-state index contributed by atoms with van der Waals surface area (Å²) < 4.78 is 3.78. The van der Waals surface area contributed by atoms with Crippen LogP contribution < -0.4 is 5.32 Å². The van der Waals surface area contributed by atoms with E-state index in [9.17, 15) is 4.79 Å². The number of carbonyl (C=O) groups is 1. The second-order valence-corrected chi connectivity index (χ2v) is 7.95. The zero-order valence-electron chi connectivity index (χ0n) is 16.6. The minimum Gasteiger partial charge on any atom is -0.322 e. The number of hydrogen-bond acceptors (Lipinski definition) is 4. The number of aromatic nitrogens is 4. The molecule has 0 bridgehead atoms. The molecule has 0 aliphatic rings. The number of rotatable bonds is 6. The monoisotopic (exact) mass is 425 g/mol. The average Bonchev–Trinajstić information content (AvgIpc) is 3.48. The first-order valence-electron chi connectivity index (χ1n) is 9.82. The summed E-state index contributed by atoms with van der Waals surface area (Å²) >= 11 is 1.61. The third-order valence-corrected chi connectivity index (χ3v) is 5.92. The lowest BCUT2D eigenvalue weighted by atomic mass is 10.2. The minimum absolute atomic E-state index is 0.134. The van der Waals surface area contributed by atoms with Gasteiger partial charge < -0.3 is 9.72 Å². The molecule has 7 heteroatoms. The summed E-state index contributed by atoms with van der Waals surface area (Å²) in [5.41, 5.74) is 4.21. The molecular weight excluding hydrogens is 406 g/mol. The molecule has 0 radical (unpaired) electrons. The van der Waals surface area contributed by atoms with Crippen molar-refractivity contribution < 1.29 is 4.79 Å². The van der Waals surface area contributed by atoms with Crippen molar-refractivity contribution >= 4 is 29.0 Å². The molecular formula is C24H19N5OS. The van der Waals surface area contributed by atoms with Gasteiger partial charge in [-0.25, -0.2) is 9.67 Å². The number of fused-ring (bicyclic) bond motifs is 1. The number of nitrogens with zero attached hydrogens (tertiary/aromatic N) is 4. The fourth-order valence-electron chi connectivity index (χ4n) is 3.31. The molecule has 0 unspecified atom stereocenters. The van der Waals surface area contributed by atoms with E-state index < -0.39 is 0 Å². The summed E-state index contributed by atoms with van der Waals surface area (Å²) in [6.07, 6.45) is 7.61. The van der Waals surface area contributed by atoms with Crippen LogP contribution >= 0.6 is 11.8 Å². The Labute approximate surface area is 183 Å². The van der Waals surface area contributed by atoms with Gasteiger partial charge in [0.2, 0.25) is 0 Å². The van der Waals surface area contributed by atoms with Crippen LogP contribution in [0.2, 0.25) is 0 Å². The van der Waals surface area contributed by atoms with Crippen LogP contribution in [0.5, 0.6) is 0 Å². The lowest BCUT2D eigenvalue weighted by molar-refractivity contribution is 0.102. The Morgan fingerprint density at radius 3 is 2.58 bits per heavy atom. The Kier molecular flexibility index (Phi) is 5.24. The van der Waals surface area contributed by atoms with E-state index in [0.717, 1.165) is 27.6 Å². The highest BCUT2D eigenvalue weighted by molar-refractivity contribution is 7.98. The number of pyridine rings is 1. The van der Waals surface area contributed by atoms with E-state index in [1.807, 2.05) is 95.8 Å². The highest BCUT2D eigenvalue weighted by atomic mass is 32.2. The minimum atomic E-state index is -0.134. The lowest BCUT2D eigenvalue weighted by Gasteiger charge is -2.10. The molecule has 0 aliphatic carbocycles. The molecule has 1 N–H and O–H groups in total. The SMILES string of the molecule is O=C(Nc1ccc(-n2cccn2)cc1)c1ccccc1SCc1cn2ccccc2n1. The Morgan fingerprint density at radius 2 is 1.77 bits per heavy atom. The van der Waals surface area contributed by atoms with Gasteiger partial charge in [0.05, 0.1) is 16.9 Å². The number of carbonyl (C=O) groups excluding carboxylic acids is 1. The van der Waals surface area contributed by atoms with Gasteiger partial charge in [0, 0.05) is 41.1 Å². The fraction of sp³-hybridized carbons (Fsp3) is 0.0417. The number of anilines is 1. The van der Waals surface area contributed by atoms with Gasteiger partial charge in [-0.15, -0.1) is 11.8 Å². The second-order valence-electron chi connectivity index (χ2n) is 6.93. The third kappa shape index (κ3) is 4.22. The highest BCUT2D eigenvalue weighted by Crippen LogP contribution is 2.27. The normalized spacial score (nSPS) is 11.0. The Morgan fingerprint density at radius 1 is 0.935 bits per heavy atom. The van der Waals surface area contributed by atoms with Crippen molar-refractivity contribution in [1.29, 1.82) is 0 Å². The maximum Gasteiger partial charge on any atom is 0.256 e. The van der Waals surface area contributed by atoms with Crippen LogP contribution in [-0.4, -0.2) is 25.1 Å². The topological polar surface area (TPSA) is 64.2 Å². The first kappa shape index (κ1) is 19.1. The van der Waals surface area contributed by atoms with Crippen molar-refractivity contribution in [3.63, 3.8) is 0 Å². The van der Waals surface area contributed by atoms with Gasteiger partial charge in [0.25, 0.3) is 5.91 Å².